The third-order valence-corrected chi connectivity index (χ3v) is 5.78. The van der Waals surface area contributed by atoms with Crippen LogP contribution in [0.25, 0.3) is 0 Å². The van der Waals surface area contributed by atoms with Crippen molar-refractivity contribution >= 4 is 20.2 Å². The van der Waals surface area contributed by atoms with Gasteiger partial charge in [0.25, 0.3) is 0 Å². The molecule has 0 aliphatic heterocycles. The average molecular weight is 478 g/mol. The lowest BCUT2D eigenvalue weighted by molar-refractivity contribution is -0.165. The molecule has 0 amide bonds. The maximum atomic E-state index is 12.0. The minimum atomic E-state index is -2.51. The van der Waals surface area contributed by atoms with Gasteiger partial charge in [0, 0.05) is 28.6 Å². The van der Waals surface area contributed by atoms with Crippen LogP contribution in [0, 0.1) is 0 Å². The van der Waals surface area contributed by atoms with Gasteiger partial charge in [0.2, 0.25) is 12.6 Å². The first-order valence-electron chi connectivity index (χ1n) is 11.0. The number of carbonyl (C=O) groups excluding carboxylic acids is 2. The molecule has 0 aromatic heterocycles. The van der Waals surface area contributed by atoms with Crippen LogP contribution in [0.4, 0.5) is 0 Å². The van der Waals surface area contributed by atoms with Gasteiger partial charge in [0.1, 0.15) is 13.2 Å². The summed E-state index contributed by atoms with van der Waals surface area (Å²) in [6.07, 6.45) is -0.0861. The van der Waals surface area contributed by atoms with Crippen molar-refractivity contribution in [2.24, 2.45) is 0 Å². The molecule has 9 nitrogen and oxygen atoms in total. The summed E-state index contributed by atoms with van der Waals surface area (Å²) < 4.78 is 31.5. The highest BCUT2D eigenvalue weighted by atomic mass is 31.1. The predicted octanol–water partition coefficient (Wildman–Crippen LogP) is 4.45. The molecule has 184 valence electrons. The van der Waals surface area contributed by atoms with Crippen LogP contribution < -0.4 is 0 Å². The molecule has 0 radical (unpaired) electrons. The fraction of sp³-hybridized carbons (Fsp3) is 0.727. The molecule has 0 aromatic rings. The molecular weight excluding hydrogens is 439 g/mol. The maximum Gasteiger partial charge on any atom is 0.697 e. The lowest BCUT2D eigenvalue weighted by atomic mass is 10.1. The summed E-state index contributed by atoms with van der Waals surface area (Å²) in [6, 6.07) is 0. The molecule has 0 bridgehead atoms. The van der Waals surface area contributed by atoms with Crippen LogP contribution in [0.3, 0.4) is 0 Å². The van der Waals surface area contributed by atoms with Gasteiger partial charge in [0.05, 0.1) is 0 Å². The predicted molar refractivity (Wildman–Crippen MR) is 120 cm³/mol. The Hall–Kier alpha value is -1.64. The van der Waals surface area contributed by atoms with Gasteiger partial charge >= 0.3 is 20.2 Å². The van der Waals surface area contributed by atoms with E-state index in [1.807, 2.05) is 27.7 Å². The summed E-state index contributed by atoms with van der Waals surface area (Å²) in [6.45, 7) is 10.7. The quantitative estimate of drug-likeness (QED) is 0.143. The molecule has 10 heteroatoms. The van der Waals surface area contributed by atoms with Crippen molar-refractivity contribution in [2.75, 3.05) is 13.2 Å². The second kappa shape index (κ2) is 16.9. The smallest absolute Gasteiger partial charge is 0.433 e. The Bertz CT molecular complexity index is 617. The van der Waals surface area contributed by atoms with Crippen LogP contribution in [0.15, 0.2) is 22.3 Å². The van der Waals surface area contributed by atoms with Crippen molar-refractivity contribution in [2.45, 2.75) is 92.6 Å². The molecule has 0 aliphatic carbocycles. The molecule has 0 aromatic carbocycles. The number of esters is 2. The van der Waals surface area contributed by atoms with Gasteiger partial charge < -0.3 is 19.7 Å². The van der Waals surface area contributed by atoms with Crippen LogP contribution in [-0.2, 0) is 32.7 Å². The van der Waals surface area contributed by atoms with Crippen molar-refractivity contribution in [1.82, 2.24) is 0 Å². The largest absolute Gasteiger partial charge is 0.697 e. The topological polar surface area (TPSA) is 129 Å². The molecule has 0 spiro atoms. The Labute approximate surface area is 191 Å². The van der Waals surface area contributed by atoms with Gasteiger partial charge in [-0.15, -0.1) is 9.05 Å². The number of rotatable bonds is 16. The van der Waals surface area contributed by atoms with Gasteiger partial charge in [-0.3, -0.25) is 0 Å². The van der Waals surface area contributed by atoms with E-state index >= 15 is 0 Å². The highest BCUT2D eigenvalue weighted by Gasteiger charge is 2.24. The standard InChI is InChI=1S/C22H38O9P/c1-7-17(8-2)15(5)21(25)30-19(23)11-13-28-32(27)29-14-12-20(24)31-22(26)16(6)18(9-3)10-4/h19-20,23-24H,7-14H2,1-6H3/q+1. The Morgan fingerprint density at radius 3 is 1.31 bits per heavy atom. The first-order valence-corrected chi connectivity index (χ1v) is 12.1. The molecule has 2 atom stereocenters. The van der Waals surface area contributed by atoms with E-state index in [1.54, 1.807) is 13.8 Å². The summed E-state index contributed by atoms with van der Waals surface area (Å²) >= 11 is 0. The molecule has 0 fully saturated rings. The van der Waals surface area contributed by atoms with Gasteiger partial charge in [-0.2, -0.15) is 0 Å². The molecular formula is C22H38O9P+. The van der Waals surface area contributed by atoms with Gasteiger partial charge in [-0.1, -0.05) is 38.8 Å². The Morgan fingerprint density at radius 1 is 0.719 bits per heavy atom. The van der Waals surface area contributed by atoms with E-state index < -0.39 is 32.8 Å². The van der Waals surface area contributed by atoms with E-state index in [1.165, 1.54) is 0 Å². The zero-order valence-corrected chi connectivity index (χ0v) is 20.9. The fourth-order valence-corrected chi connectivity index (χ4v) is 3.47. The van der Waals surface area contributed by atoms with Crippen molar-refractivity contribution in [3.05, 3.63) is 22.3 Å². The maximum absolute atomic E-state index is 12.0. The normalized spacial score (nSPS) is 13.1. The SMILES string of the molecule is CCC(CC)=C(C)C(=O)OC(O)CCO[P+](=O)OCCC(O)OC(=O)C(C)=C(CC)CC. The van der Waals surface area contributed by atoms with Crippen LogP contribution in [0.2, 0.25) is 0 Å². The zero-order valence-electron chi connectivity index (χ0n) is 20.0. The van der Waals surface area contributed by atoms with Crippen LogP contribution in [0.1, 0.15) is 80.1 Å². The van der Waals surface area contributed by atoms with E-state index in [9.17, 15) is 24.4 Å². The highest BCUT2D eigenvalue weighted by Crippen LogP contribution is 2.25. The first kappa shape index (κ1) is 30.4. The van der Waals surface area contributed by atoms with E-state index in [0.717, 1.165) is 36.8 Å². The summed E-state index contributed by atoms with van der Waals surface area (Å²) in [5.74, 6) is -1.20. The molecule has 2 N–H and O–H groups in total. The first-order chi connectivity index (χ1) is 15.1. The second-order valence-electron chi connectivity index (χ2n) is 7.06. The number of aliphatic hydroxyl groups is 2. The van der Waals surface area contributed by atoms with Crippen molar-refractivity contribution < 1.29 is 42.9 Å². The molecule has 32 heavy (non-hydrogen) atoms. The van der Waals surface area contributed by atoms with Gasteiger partial charge in [-0.05, 0) is 39.5 Å². The molecule has 2 unspecified atom stereocenters. The van der Waals surface area contributed by atoms with Crippen LogP contribution in [-0.4, -0.2) is 47.9 Å². The minimum absolute atomic E-state index is 0.0833. The monoisotopic (exact) mass is 477 g/mol. The molecule has 0 aliphatic rings. The third-order valence-electron chi connectivity index (χ3n) is 4.99. The van der Waals surface area contributed by atoms with E-state index in [0.29, 0.717) is 11.1 Å². The summed E-state index contributed by atoms with van der Waals surface area (Å²) in [7, 11) is -2.51. The van der Waals surface area contributed by atoms with E-state index in [2.05, 4.69) is 0 Å². The van der Waals surface area contributed by atoms with Crippen molar-refractivity contribution in [1.29, 1.82) is 0 Å². The van der Waals surface area contributed by atoms with E-state index in [4.69, 9.17) is 18.5 Å². The number of allylic oxidation sites excluding steroid dienone is 2. The van der Waals surface area contributed by atoms with Crippen LogP contribution in [0.5, 0.6) is 0 Å². The number of hydrogen-bond donors (Lipinski definition) is 2. The van der Waals surface area contributed by atoms with E-state index in [-0.39, 0.29) is 26.1 Å². The third kappa shape index (κ3) is 11.8. The van der Waals surface area contributed by atoms with Gasteiger partial charge in [-0.25, -0.2) is 9.59 Å². The Balaban J connectivity index is 4.21. The number of carbonyl (C=O) groups is 2. The summed E-state index contributed by atoms with van der Waals surface area (Å²) in [5.41, 5.74) is 2.83. The molecule has 0 heterocycles. The van der Waals surface area contributed by atoms with Crippen molar-refractivity contribution in [3.63, 3.8) is 0 Å². The molecule has 0 saturated carbocycles. The minimum Gasteiger partial charge on any atom is -0.433 e. The van der Waals surface area contributed by atoms with Crippen LogP contribution >= 0.6 is 8.25 Å². The number of aliphatic hydroxyl groups excluding tert-OH is 2. The number of hydrogen-bond acceptors (Lipinski definition) is 9. The Morgan fingerprint density at radius 2 is 1.03 bits per heavy atom. The summed E-state index contributed by atoms with van der Waals surface area (Å²) in [4.78, 5) is 24.0. The molecule has 0 rings (SSSR count). The zero-order chi connectivity index (χ0) is 24.7. The Kier molecular flexibility index (Phi) is 16.1. The van der Waals surface area contributed by atoms with Gasteiger partial charge in [0.15, 0.2) is 0 Å². The fourth-order valence-electron chi connectivity index (χ4n) is 2.88. The second-order valence-corrected chi connectivity index (χ2v) is 8.02. The summed E-state index contributed by atoms with van der Waals surface area (Å²) in [5, 5.41) is 19.6. The average Bonchev–Trinajstić information content (AvgIpc) is 2.75. The number of ether oxygens (including phenoxy) is 2. The van der Waals surface area contributed by atoms with Crippen molar-refractivity contribution in [3.8, 4) is 0 Å². The lowest BCUT2D eigenvalue weighted by Gasteiger charge is -2.13. The molecule has 0 saturated heterocycles. The highest BCUT2D eigenvalue weighted by molar-refractivity contribution is 7.33. The lowest BCUT2D eigenvalue weighted by Crippen LogP contribution is -2.21.